The zero-order valence-electron chi connectivity index (χ0n) is 17.6. The second-order valence-corrected chi connectivity index (χ2v) is 10.1. The molecular weight excluding hydrogens is 475 g/mol. The fourth-order valence-corrected chi connectivity index (χ4v) is 5.66. The number of sulfonamides is 1. The summed E-state index contributed by atoms with van der Waals surface area (Å²) in [6, 6.07) is 8.48. The van der Waals surface area contributed by atoms with Gasteiger partial charge in [-0.05, 0) is 56.2 Å². The number of halogens is 2. The third-order valence-corrected chi connectivity index (χ3v) is 7.80. The van der Waals surface area contributed by atoms with Crippen molar-refractivity contribution in [1.82, 2.24) is 4.31 Å². The van der Waals surface area contributed by atoms with Gasteiger partial charge < -0.3 is 10.1 Å². The number of hydrogen-bond donors (Lipinski definition) is 1. The Balaban J connectivity index is 1.83. The standard InChI is InChI=1S/C22H24Cl2N2O5S/c1-2-31-22(28)16-8-10-19(18(24)13-16)25-21(27)15-7-9-17(23)20(14-15)32(29,30)26-11-5-3-4-6-12-26/h7-10,13-14H,2-6,11-12H2,1H3,(H,25,27). The van der Waals surface area contributed by atoms with Gasteiger partial charge in [0.15, 0.2) is 0 Å². The molecule has 1 amide bonds. The van der Waals surface area contributed by atoms with Crippen LogP contribution in [0.1, 0.15) is 53.3 Å². The number of benzene rings is 2. The van der Waals surface area contributed by atoms with Crippen LogP contribution >= 0.6 is 23.2 Å². The number of ether oxygens (including phenoxy) is 1. The van der Waals surface area contributed by atoms with Gasteiger partial charge >= 0.3 is 5.97 Å². The van der Waals surface area contributed by atoms with Crippen molar-refractivity contribution in [2.24, 2.45) is 0 Å². The minimum absolute atomic E-state index is 0.0580. The molecule has 1 aliphatic rings. The Morgan fingerprint density at radius 2 is 1.62 bits per heavy atom. The molecule has 7 nitrogen and oxygen atoms in total. The van der Waals surface area contributed by atoms with Gasteiger partial charge in [0.25, 0.3) is 5.91 Å². The summed E-state index contributed by atoms with van der Waals surface area (Å²) < 4.78 is 32.6. The molecule has 3 rings (SSSR count). The molecule has 2 aromatic carbocycles. The van der Waals surface area contributed by atoms with E-state index in [0.717, 1.165) is 25.7 Å². The highest BCUT2D eigenvalue weighted by Crippen LogP contribution is 2.29. The smallest absolute Gasteiger partial charge is 0.338 e. The lowest BCUT2D eigenvalue weighted by molar-refractivity contribution is 0.0526. The molecule has 0 aromatic heterocycles. The molecule has 0 unspecified atom stereocenters. The van der Waals surface area contributed by atoms with Gasteiger partial charge in [0.05, 0.1) is 27.9 Å². The predicted octanol–water partition coefficient (Wildman–Crippen LogP) is 4.99. The van der Waals surface area contributed by atoms with Crippen LogP contribution in [0.5, 0.6) is 0 Å². The first-order chi connectivity index (χ1) is 15.2. The normalized spacial score (nSPS) is 15.1. The van der Waals surface area contributed by atoms with Gasteiger partial charge in [-0.2, -0.15) is 4.31 Å². The van der Waals surface area contributed by atoms with Crippen molar-refractivity contribution in [3.05, 3.63) is 57.6 Å². The number of amides is 1. The first-order valence-electron chi connectivity index (χ1n) is 10.3. The second-order valence-electron chi connectivity index (χ2n) is 7.33. The first kappa shape index (κ1) is 24.5. The number of esters is 1. The number of rotatable bonds is 6. The fraction of sp³-hybridized carbons (Fsp3) is 0.364. The summed E-state index contributed by atoms with van der Waals surface area (Å²) in [5.74, 6) is -1.08. The summed E-state index contributed by atoms with van der Waals surface area (Å²) in [5.41, 5.74) is 0.650. The van der Waals surface area contributed by atoms with Crippen LogP contribution < -0.4 is 5.32 Å². The molecule has 2 aromatic rings. The van der Waals surface area contributed by atoms with Gasteiger partial charge in [0.2, 0.25) is 10.0 Å². The third-order valence-electron chi connectivity index (χ3n) is 5.10. The van der Waals surface area contributed by atoms with Crippen molar-refractivity contribution in [2.45, 2.75) is 37.5 Å². The van der Waals surface area contributed by atoms with E-state index in [-0.39, 0.29) is 38.4 Å². The summed E-state index contributed by atoms with van der Waals surface area (Å²) in [6.45, 7) is 2.78. The van der Waals surface area contributed by atoms with E-state index in [1.165, 1.54) is 40.7 Å². The molecule has 1 N–H and O–H groups in total. The maximum absolute atomic E-state index is 13.1. The molecule has 0 atom stereocenters. The van der Waals surface area contributed by atoms with Crippen LogP contribution in [0.15, 0.2) is 41.3 Å². The zero-order chi connectivity index (χ0) is 23.3. The van der Waals surface area contributed by atoms with E-state index in [1.54, 1.807) is 6.92 Å². The molecule has 1 heterocycles. The Morgan fingerprint density at radius 1 is 0.969 bits per heavy atom. The lowest BCUT2D eigenvalue weighted by atomic mass is 10.2. The van der Waals surface area contributed by atoms with Crippen molar-refractivity contribution in [3.8, 4) is 0 Å². The van der Waals surface area contributed by atoms with Crippen LogP contribution in [-0.2, 0) is 14.8 Å². The maximum atomic E-state index is 13.1. The molecule has 0 aliphatic carbocycles. The van der Waals surface area contributed by atoms with E-state index in [1.807, 2.05) is 0 Å². The Bertz CT molecular complexity index is 1110. The van der Waals surface area contributed by atoms with Crippen LogP contribution in [0.2, 0.25) is 10.0 Å². The largest absolute Gasteiger partial charge is 0.462 e. The van der Waals surface area contributed by atoms with Crippen molar-refractivity contribution in [1.29, 1.82) is 0 Å². The summed E-state index contributed by atoms with van der Waals surface area (Å²) in [4.78, 5) is 24.5. The van der Waals surface area contributed by atoms with Crippen molar-refractivity contribution >= 4 is 50.8 Å². The fourth-order valence-electron chi connectivity index (χ4n) is 3.42. The Morgan fingerprint density at radius 3 is 2.25 bits per heavy atom. The van der Waals surface area contributed by atoms with E-state index in [4.69, 9.17) is 27.9 Å². The maximum Gasteiger partial charge on any atom is 0.338 e. The lowest BCUT2D eigenvalue weighted by Gasteiger charge is -2.21. The van der Waals surface area contributed by atoms with Crippen molar-refractivity contribution in [3.63, 3.8) is 0 Å². The van der Waals surface area contributed by atoms with E-state index in [9.17, 15) is 18.0 Å². The molecule has 172 valence electrons. The highest BCUT2D eigenvalue weighted by molar-refractivity contribution is 7.89. The van der Waals surface area contributed by atoms with Crippen molar-refractivity contribution < 1.29 is 22.7 Å². The van der Waals surface area contributed by atoms with Gasteiger partial charge in [-0.15, -0.1) is 0 Å². The molecule has 10 heteroatoms. The van der Waals surface area contributed by atoms with E-state index in [0.29, 0.717) is 13.1 Å². The third kappa shape index (κ3) is 5.61. The number of carbonyl (C=O) groups excluding carboxylic acids is 2. The van der Waals surface area contributed by atoms with E-state index < -0.39 is 21.9 Å². The van der Waals surface area contributed by atoms with Gasteiger partial charge in [-0.1, -0.05) is 36.0 Å². The average Bonchev–Trinajstić information content (AvgIpc) is 3.05. The Labute approximate surface area is 197 Å². The Kier molecular flexibility index (Phi) is 8.16. The topological polar surface area (TPSA) is 92.8 Å². The zero-order valence-corrected chi connectivity index (χ0v) is 19.9. The molecule has 0 radical (unpaired) electrons. The van der Waals surface area contributed by atoms with Crippen LogP contribution in [-0.4, -0.2) is 44.3 Å². The molecule has 1 aliphatic heterocycles. The summed E-state index contributed by atoms with van der Waals surface area (Å²) in [7, 11) is -3.83. The number of carbonyl (C=O) groups is 2. The molecule has 1 fully saturated rings. The van der Waals surface area contributed by atoms with Gasteiger partial charge in [-0.3, -0.25) is 4.79 Å². The summed E-state index contributed by atoms with van der Waals surface area (Å²) in [6.07, 6.45) is 3.55. The highest BCUT2D eigenvalue weighted by Gasteiger charge is 2.28. The number of hydrogen-bond acceptors (Lipinski definition) is 5. The van der Waals surface area contributed by atoms with Crippen LogP contribution in [0, 0.1) is 0 Å². The van der Waals surface area contributed by atoms with Gasteiger partial charge in [-0.25, -0.2) is 13.2 Å². The minimum Gasteiger partial charge on any atom is -0.462 e. The first-order valence-corrected chi connectivity index (χ1v) is 12.5. The number of anilines is 1. The van der Waals surface area contributed by atoms with Gasteiger partial charge in [0, 0.05) is 18.7 Å². The molecule has 1 saturated heterocycles. The molecular formula is C22H24Cl2N2O5S. The molecule has 32 heavy (non-hydrogen) atoms. The molecule has 0 saturated carbocycles. The quantitative estimate of drug-likeness (QED) is 0.566. The summed E-state index contributed by atoms with van der Waals surface area (Å²) in [5, 5.41) is 2.84. The number of nitrogens with one attached hydrogen (secondary N) is 1. The van der Waals surface area contributed by atoms with Crippen LogP contribution in [0.4, 0.5) is 5.69 Å². The minimum atomic E-state index is -3.83. The SMILES string of the molecule is CCOC(=O)c1ccc(NC(=O)c2ccc(Cl)c(S(=O)(=O)N3CCCCCC3)c2)c(Cl)c1. The van der Waals surface area contributed by atoms with Crippen LogP contribution in [0.25, 0.3) is 0 Å². The highest BCUT2D eigenvalue weighted by atomic mass is 35.5. The lowest BCUT2D eigenvalue weighted by Crippen LogP contribution is -2.32. The summed E-state index contributed by atoms with van der Waals surface area (Å²) >= 11 is 12.4. The average molecular weight is 499 g/mol. The monoisotopic (exact) mass is 498 g/mol. The second kappa shape index (κ2) is 10.7. The van der Waals surface area contributed by atoms with E-state index >= 15 is 0 Å². The molecule has 0 bridgehead atoms. The van der Waals surface area contributed by atoms with Gasteiger partial charge in [0.1, 0.15) is 4.90 Å². The molecule has 0 spiro atoms. The predicted molar refractivity (Wildman–Crippen MR) is 124 cm³/mol. The van der Waals surface area contributed by atoms with Crippen molar-refractivity contribution in [2.75, 3.05) is 25.0 Å². The number of nitrogens with zero attached hydrogens (tertiary/aromatic N) is 1. The van der Waals surface area contributed by atoms with Crippen LogP contribution in [0.3, 0.4) is 0 Å². The van der Waals surface area contributed by atoms with E-state index in [2.05, 4.69) is 5.32 Å². The Hall–Kier alpha value is -2.13.